The van der Waals surface area contributed by atoms with Crippen molar-refractivity contribution in [3.05, 3.63) is 58.6 Å². The highest BCUT2D eigenvalue weighted by Crippen LogP contribution is 2.33. The molecule has 0 N–H and O–H groups in total. The predicted molar refractivity (Wildman–Crippen MR) is 99.8 cm³/mol. The molecule has 6 nitrogen and oxygen atoms in total. The molecule has 27 heavy (non-hydrogen) atoms. The van der Waals surface area contributed by atoms with Gasteiger partial charge in [0.25, 0.3) is 5.91 Å². The van der Waals surface area contributed by atoms with Crippen LogP contribution in [-0.4, -0.2) is 48.7 Å². The first-order chi connectivity index (χ1) is 13.2. The number of hydrogen-bond acceptors (Lipinski definition) is 5. The van der Waals surface area contributed by atoms with Crippen LogP contribution >= 0.6 is 11.6 Å². The molecule has 0 spiro atoms. The van der Waals surface area contributed by atoms with E-state index < -0.39 is 0 Å². The topological polar surface area (TPSA) is 65.8 Å². The van der Waals surface area contributed by atoms with E-state index in [1.807, 2.05) is 18.2 Å². The Morgan fingerprint density at radius 1 is 1.07 bits per heavy atom. The first kappa shape index (κ1) is 17.7. The van der Waals surface area contributed by atoms with Crippen LogP contribution in [0.5, 0.6) is 11.5 Å². The summed E-state index contributed by atoms with van der Waals surface area (Å²) in [6.45, 7) is 2.56. The number of amides is 1. The fourth-order valence-corrected chi connectivity index (χ4v) is 3.64. The van der Waals surface area contributed by atoms with Crippen LogP contribution in [0.4, 0.5) is 0 Å². The van der Waals surface area contributed by atoms with Crippen LogP contribution < -0.4 is 9.47 Å². The molecule has 0 radical (unpaired) electrons. The first-order valence-corrected chi connectivity index (χ1v) is 9.11. The van der Waals surface area contributed by atoms with Crippen molar-refractivity contribution in [2.24, 2.45) is 0 Å². The van der Waals surface area contributed by atoms with Crippen molar-refractivity contribution in [2.75, 3.05) is 33.0 Å². The Morgan fingerprint density at radius 3 is 2.59 bits per heavy atom. The number of benzene rings is 2. The zero-order valence-electron chi connectivity index (χ0n) is 14.6. The Labute approximate surface area is 162 Å². The average molecular weight is 384 g/mol. The van der Waals surface area contributed by atoms with E-state index in [-0.39, 0.29) is 18.7 Å². The third kappa shape index (κ3) is 3.57. The van der Waals surface area contributed by atoms with Crippen molar-refractivity contribution in [3.63, 3.8) is 0 Å². The van der Waals surface area contributed by atoms with E-state index in [9.17, 15) is 10.1 Å². The number of halogens is 1. The fourth-order valence-electron chi connectivity index (χ4n) is 3.44. The summed E-state index contributed by atoms with van der Waals surface area (Å²) in [4.78, 5) is 16.7. The lowest BCUT2D eigenvalue weighted by Gasteiger charge is -2.37. The summed E-state index contributed by atoms with van der Waals surface area (Å²) in [6, 6.07) is 14.6. The van der Waals surface area contributed by atoms with E-state index in [0.717, 1.165) is 5.56 Å². The normalized spacial score (nSPS) is 17.4. The van der Waals surface area contributed by atoms with E-state index in [1.165, 1.54) is 0 Å². The van der Waals surface area contributed by atoms with Gasteiger partial charge in [0.15, 0.2) is 11.5 Å². The van der Waals surface area contributed by atoms with E-state index in [1.54, 1.807) is 29.2 Å². The van der Waals surface area contributed by atoms with Gasteiger partial charge >= 0.3 is 0 Å². The zero-order chi connectivity index (χ0) is 18.8. The monoisotopic (exact) mass is 383 g/mol. The Morgan fingerprint density at radius 2 is 1.85 bits per heavy atom. The second-order valence-corrected chi connectivity index (χ2v) is 6.92. The maximum absolute atomic E-state index is 12.8. The number of hydrogen-bond donors (Lipinski definition) is 0. The molecular formula is C20H18ClN3O3. The van der Waals surface area contributed by atoms with Gasteiger partial charge in [-0.1, -0.05) is 23.7 Å². The quantitative estimate of drug-likeness (QED) is 0.814. The van der Waals surface area contributed by atoms with E-state index >= 15 is 0 Å². The van der Waals surface area contributed by atoms with Crippen molar-refractivity contribution < 1.29 is 14.3 Å². The minimum absolute atomic E-state index is 0.0378. The highest BCUT2D eigenvalue weighted by molar-refractivity contribution is 6.30. The highest BCUT2D eigenvalue weighted by Gasteiger charge is 2.28. The molecule has 7 heteroatoms. The molecular weight excluding hydrogens is 366 g/mol. The van der Waals surface area contributed by atoms with E-state index in [2.05, 4.69) is 11.0 Å². The van der Waals surface area contributed by atoms with Gasteiger partial charge in [0, 0.05) is 36.8 Å². The van der Waals surface area contributed by atoms with Crippen LogP contribution in [0.1, 0.15) is 22.0 Å². The summed E-state index contributed by atoms with van der Waals surface area (Å²) < 4.78 is 10.6. The lowest BCUT2D eigenvalue weighted by Crippen LogP contribution is -2.49. The minimum Gasteiger partial charge on any atom is -0.454 e. The SMILES string of the molecule is N#CC(c1cccc(Cl)c1)N1CCN(C(=O)c2ccc3c(c2)OCO3)CC1. The lowest BCUT2D eigenvalue weighted by atomic mass is 10.1. The third-order valence-corrected chi connectivity index (χ3v) is 5.11. The van der Waals surface area contributed by atoms with Gasteiger partial charge in [-0.15, -0.1) is 0 Å². The second-order valence-electron chi connectivity index (χ2n) is 6.48. The van der Waals surface area contributed by atoms with Crippen LogP contribution in [0.3, 0.4) is 0 Å². The molecule has 1 unspecified atom stereocenters. The van der Waals surface area contributed by atoms with Gasteiger partial charge in [-0.2, -0.15) is 5.26 Å². The molecule has 2 aromatic rings. The summed E-state index contributed by atoms with van der Waals surface area (Å²) in [7, 11) is 0. The number of nitriles is 1. The standard InChI is InChI=1S/C20H18ClN3O3/c21-16-3-1-2-14(10-16)17(12-22)23-6-8-24(9-7-23)20(25)15-4-5-18-19(11-15)27-13-26-18/h1-5,10-11,17H,6-9,13H2. The van der Waals surface area contributed by atoms with Crippen molar-refractivity contribution in [3.8, 4) is 17.6 Å². The first-order valence-electron chi connectivity index (χ1n) is 8.74. The summed E-state index contributed by atoms with van der Waals surface area (Å²) in [5.74, 6) is 1.23. The third-order valence-electron chi connectivity index (χ3n) is 4.87. The number of rotatable bonds is 3. The molecule has 0 aliphatic carbocycles. The van der Waals surface area contributed by atoms with Crippen molar-refractivity contribution in [2.45, 2.75) is 6.04 Å². The number of carbonyl (C=O) groups excluding carboxylic acids is 1. The highest BCUT2D eigenvalue weighted by atomic mass is 35.5. The molecule has 1 saturated heterocycles. The van der Waals surface area contributed by atoms with Gasteiger partial charge in [0.05, 0.1) is 6.07 Å². The molecule has 0 saturated carbocycles. The number of nitrogens with zero attached hydrogens (tertiary/aromatic N) is 3. The maximum Gasteiger partial charge on any atom is 0.254 e. The molecule has 4 rings (SSSR count). The van der Waals surface area contributed by atoms with Gasteiger partial charge in [0.2, 0.25) is 6.79 Å². The summed E-state index contributed by atoms with van der Waals surface area (Å²) in [5, 5.41) is 10.2. The lowest BCUT2D eigenvalue weighted by molar-refractivity contribution is 0.0606. The predicted octanol–water partition coefficient (Wildman–Crippen LogP) is 3.09. The van der Waals surface area contributed by atoms with Crippen molar-refractivity contribution in [1.29, 1.82) is 5.26 Å². The Kier molecular flexibility index (Phi) is 4.88. The molecule has 138 valence electrons. The van der Waals surface area contributed by atoms with E-state index in [0.29, 0.717) is 48.3 Å². The minimum atomic E-state index is -0.369. The van der Waals surface area contributed by atoms with Gasteiger partial charge in [-0.05, 0) is 35.9 Å². The molecule has 1 atom stereocenters. The van der Waals surface area contributed by atoms with Gasteiger partial charge < -0.3 is 14.4 Å². The molecule has 2 aliphatic heterocycles. The second kappa shape index (κ2) is 7.47. The molecule has 2 aromatic carbocycles. The van der Waals surface area contributed by atoms with E-state index in [4.69, 9.17) is 21.1 Å². The smallest absolute Gasteiger partial charge is 0.254 e. The van der Waals surface area contributed by atoms with Gasteiger partial charge in [-0.25, -0.2) is 0 Å². The zero-order valence-corrected chi connectivity index (χ0v) is 15.4. The van der Waals surface area contributed by atoms with Crippen LogP contribution in [0.15, 0.2) is 42.5 Å². The van der Waals surface area contributed by atoms with Crippen LogP contribution in [0.25, 0.3) is 0 Å². The molecule has 2 heterocycles. The molecule has 1 fully saturated rings. The van der Waals surface area contributed by atoms with Crippen molar-refractivity contribution >= 4 is 17.5 Å². The summed E-state index contributed by atoms with van der Waals surface area (Å²) >= 11 is 6.06. The fraction of sp³-hybridized carbons (Fsp3) is 0.300. The Bertz CT molecular complexity index is 904. The molecule has 0 bridgehead atoms. The summed E-state index contributed by atoms with van der Waals surface area (Å²) in [6.07, 6.45) is 0. The van der Waals surface area contributed by atoms with Crippen LogP contribution in [0, 0.1) is 11.3 Å². The Hall–Kier alpha value is -2.75. The average Bonchev–Trinajstić information content (AvgIpc) is 3.16. The number of ether oxygens (including phenoxy) is 2. The molecule has 1 amide bonds. The van der Waals surface area contributed by atoms with Gasteiger partial charge in [-0.3, -0.25) is 9.69 Å². The van der Waals surface area contributed by atoms with Crippen LogP contribution in [0.2, 0.25) is 5.02 Å². The van der Waals surface area contributed by atoms with Crippen LogP contribution in [-0.2, 0) is 0 Å². The number of carbonyl (C=O) groups is 1. The largest absolute Gasteiger partial charge is 0.454 e. The molecule has 0 aromatic heterocycles. The number of piperazine rings is 1. The number of fused-ring (bicyclic) bond motifs is 1. The maximum atomic E-state index is 12.8. The Balaban J connectivity index is 1.42. The molecule has 2 aliphatic rings. The van der Waals surface area contributed by atoms with Crippen molar-refractivity contribution in [1.82, 2.24) is 9.80 Å². The summed E-state index contributed by atoms with van der Waals surface area (Å²) in [5.41, 5.74) is 1.46. The van der Waals surface area contributed by atoms with Gasteiger partial charge in [0.1, 0.15) is 6.04 Å².